The van der Waals surface area contributed by atoms with Crippen LogP contribution in [-0.2, 0) is 5.21 Å². The van der Waals surface area contributed by atoms with Crippen molar-refractivity contribution in [2.24, 2.45) is 0 Å². The van der Waals surface area contributed by atoms with Crippen LogP contribution in [0.2, 0.25) is 0 Å². The van der Waals surface area contributed by atoms with Crippen LogP contribution in [0.4, 0.5) is 0 Å². The van der Waals surface area contributed by atoms with Gasteiger partial charge < -0.3 is 0 Å². The lowest BCUT2D eigenvalue weighted by Crippen LogP contribution is -1.94. The lowest BCUT2D eigenvalue weighted by atomic mass is 10.4. The molecule has 0 spiro atoms. The molecular weight excluding hydrogens is 132 g/mol. The topological polar surface area (TPSA) is 63.5 Å². The Bertz CT molecular complexity index is 318. The smallest absolute Gasteiger partial charge is 0.182 e. The minimum Gasteiger partial charge on any atom is -0.231 e. The van der Waals surface area contributed by atoms with Gasteiger partial charge in [0.1, 0.15) is 18.3 Å². The normalized spacial score (nSPS) is 10.4. The van der Waals surface area contributed by atoms with Crippen molar-refractivity contribution >= 4 is 0 Å². The molecule has 5 heteroatoms. The van der Waals surface area contributed by atoms with Gasteiger partial charge in [0.2, 0.25) is 0 Å². The highest BCUT2D eigenvalue weighted by Crippen LogP contribution is 2.09. The van der Waals surface area contributed by atoms with Gasteiger partial charge in [-0.1, -0.05) is 0 Å². The third-order valence-corrected chi connectivity index (χ3v) is 1.15. The van der Waals surface area contributed by atoms with Crippen LogP contribution in [0.1, 0.15) is 0 Å². The van der Waals surface area contributed by atoms with E-state index in [1.807, 2.05) is 0 Å². The van der Waals surface area contributed by atoms with Crippen LogP contribution in [0.15, 0.2) is 18.9 Å². The summed E-state index contributed by atoms with van der Waals surface area (Å²) < 4.78 is 0.594. The molecular formula is C5H3N4O. The van der Waals surface area contributed by atoms with E-state index in [2.05, 4.69) is 15.0 Å². The Labute approximate surface area is 56.3 Å². The maximum atomic E-state index is 10.6. The lowest BCUT2D eigenvalue weighted by molar-refractivity contribution is 0.0864. The highest BCUT2D eigenvalue weighted by atomic mass is 16.5. The van der Waals surface area contributed by atoms with Gasteiger partial charge in [-0.15, -0.1) is 4.73 Å². The van der Waals surface area contributed by atoms with Crippen molar-refractivity contribution in [1.29, 1.82) is 0 Å². The van der Waals surface area contributed by atoms with E-state index in [4.69, 9.17) is 0 Å². The summed E-state index contributed by atoms with van der Waals surface area (Å²) in [7, 11) is 0. The summed E-state index contributed by atoms with van der Waals surface area (Å²) in [5, 5.41) is 10.6. The zero-order valence-corrected chi connectivity index (χ0v) is 4.93. The molecule has 0 saturated heterocycles. The van der Waals surface area contributed by atoms with Crippen LogP contribution in [0, 0.1) is 0 Å². The van der Waals surface area contributed by atoms with Gasteiger partial charge in [-0.3, -0.25) is 0 Å². The van der Waals surface area contributed by atoms with Gasteiger partial charge in [0, 0.05) is 0 Å². The summed E-state index contributed by atoms with van der Waals surface area (Å²) in [5.74, 6) is 0.507. The first-order valence-corrected chi connectivity index (χ1v) is 2.68. The minimum atomic E-state index is 0.507. The van der Waals surface area contributed by atoms with Crippen molar-refractivity contribution in [1.82, 2.24) is 19.7 Å². The predicted molar refractivity (Wildman–Crippen MR) is 30.5 cm³/mol. The van der Waals surface area contributed by atoms with E-state index in [1.165, 1.54) is 12.5 Å². The number of hydrogen-bond donors (Lipinski definition) is 0. The van der Waals surface area contributed by atoms with Crippen LogP contribution in [-0.4, -0.2) is 19.7 Å². The fraction of sp³-hybridized carbons (Fsp3) is 0. The maximum absolute atomic E-state index is 10.6. The third kappa shape index (κ3) is 0.604. The molecule has 0 aliphatic carbocycles. The van der Waals surface area contributed by atoms with Gasteiger partial charge in [-0.25, -0.2) is 15.0 Å². The van der Waals surface area contributed by atoms with Gasteiger partial charge in [0.25, 0.3) is 0 Å². The van der Waals surface area contributed by atoms with Crippen molar-refractivity contribution in [2.75, 3.05) is 0 Å². The molecule has 10 heavy (non-hydrogen) atoms. The average molecular weight is 135 g/mol. The monoisotopic (exact) mass is 135 g/mol. The lowest BCUT2D eigenvalue weighted by Gasteiger charge is -1.92. The van der Waals surface area contributed by atoms with Crippen molar-refractivity contribution in [3.63, 3.8) is 0 Å². The van der Waals surface area contributed by atoms with E-state index in [-0.39, 0.29) is 0 Å². The molecule has 0 bridgehead atoms. The molecule has 2 rings (SSSR count). The zero-order chi connectivity index (χ0) is 6.97. The molecule has 2 aliphatic heterocycles. The average Bonchev–Trinajstić information content (AvgIpc) is 2.33. The molecule has 0 atom stereocenters. The standard InChI is InChI=1S/C5H3N4O/c10-9-1-4-5(8-3-9)7-2-6-4/h1-3H. The molecule has 0 unspecified atom stereocenters. The number of rotatable bonds is 0. The number of fused-ring (bicyclic) bond motifs is 1. The second kappa shape index (κ2) is 1.66. The van der Waals surface area contributed by atoms with Gasteiger partial charge in [0.05, 0.1) is 6.20 Å². The largest absolute Gasteiger partial charge is 0.231 e. The van der Waals surface area contributed by atoms with Crippen LogP contribution in [0.5, 0.6) is 0 Å². The highest BCUT2D eigenvalue weighted by Gasteiger charge is 2.05. The van der Waals surface area contributed by atoms with Crippen molar-refractivity contribution in [2.45, 2.75) is 0 Å². The number of hydrogen-bond acceptors (Lipinski definition) is 3. The Kier molecular flexibility index (Phi) is 0.858. The molecule has 5 nitrogen and oxygen atoms in total. The summed E-state index contributed by atoms with van der Waals surface area (Å²) in [6.45, 7) is 0. The van der Waals surface area contributed by atoms with Crippen molar-refractivity contribution in [3.05, 3.63) is 18.9 Å². The van der Waals surface area contributed by atoms with E-state index >= 15 is 0 Å². The summed E-state index contributed by atoms with van der Waals surface area (Å²) in [4.78, 5) is 11.3. The van der Waals surface area contributed by atoms with Gasteiger partial charge in [-0.05, 0) is 0 Å². The first-order valence-electron chi connectivity index (χ1n) is 2.68. The molecule has 0 amide bonds. The van der Waals surface area contributed by atoms with E-state index in [0.29, 0.717) is 16.2 Å². The van der Waals surface area contributed by atoms with E-state index < -0.39 is 0 Å². The quantitative estimate of drug-likeness (QED) is 0.509. The molecule has 0 N–H and O–H groups in total. The first-order chi connectivity index (χ1) is 4.86. The molecule has 0 saturated carbocycles. The Morgan fingerprint density at radius 2 is 2.20 bits per heavy atom. The molecule has 0 aromatic rings. The molecule has 0 aromatic carbocycles. The molecule has 0 aromatic heterocycles. The van der Waals surface area contributed by atoms with Crippen LogP contribution < -0.4 is 0 Å². The van der Waals surface area contributed by atoms with Gasteiger partial charge in [-0.2, -0.15) is 5.21 Å². The Balaban J connectivity index is 2.75. The summed E-state index contributed by atoms with van der Waals surface area (Å²) in [5.41, 5.74) is 0.525. The number of nitrogens with zero attached hydrogens (tertiary/aromatic N) is 4. The van der Waals surface area contributed by atoms with Gasteiger partial charge >= 0.3 is 0 Å². The van der Waals surface area contributed by atoms with Crippen LogP contribution in [0.3, 0.4) is 0 Å². The Hall–Kier alpha value is -1.65. The summed E-state index contributed by atoms with van der Waals surface area (Å²) >= 11 is 0. The van der Waals surface area contributed by atoms with Crippen molar-refractivity contribution < 1.29 is 5.21 Å². The summed E-state index contributed by atoms with van der Waals surface area (Å²) in [6.07, 6.45) is 3.85. The molecule has 49 valence electrons. The van der Waals surface area contributed by atoms with Crippen LogP contribution in [0.25, 0.3) is 11.5 Å². The van der Waals surface area contributed by atoms with E-state index in [9.17, 15) is 5.21 Å². The van der Waals surface area contributed by atoms with Crippen molar-refractivity contribution in [3.8, 4) is 11.5 Å². The Morgan fingerprint density at radius 1 is 1.30 bits per heavy atom. The van der Waals surface area contributed by atoms with Gasteiger partial charge in [0.15, 0.2) is 5.82 Å². The third-order valence-electron chi connectivity index (χ3n) is 1.15. The van der Waals surface area contributed by atoms with E-state index in [1.54, 1.807) is 0 Å². The van der Waals surface area contributed by atoms with Crippen LogP contribution >= 0.6 is 0 Å². The summed E-state index contributed by atoms with van der Waals surface area (Å²) in [6, 6.07) is 0. The SMILES string of the molecule is [O]n1cnc2ncnc-2c1. The number of imidazole rings is 1. The number of aromatic nitrogens is 4. The molecule has 2 heterocycles. The Morgan fingerprint density at radius 3 is 3.10 bits per heavy atom. The van der Waals surface area contributed by atoms with E-state index in [0.717, 1.165) is 6.33 Å². The highest BCUT2D eigenvalue weighted by molar-refractivity contribution is 5.47. The molecule has 0 fully saturated rings. The fourth-order valence-corrected chi connectivity index (χ4v) is 0.726. The molecule has 2 aliphatic rings. The zero-order valence-electron chi connectivity index (χ0n) is 4.93. The first kappa shape index (κ1) is 5.16. The minimum absolute atomic E-state index is 0.507. The predicted octanol–water partition coefficient (Wildman–Crippen LogP) is -0.0285. The second-order valence-corrected chi connectivity index (χ2v) is 1.82. The maximum Gasteiger partial charge on any atom is 0.182 e. The molecule has 1 radical (unpaired) electrons. The second-order valence-electron chi connectivity index (χ2n) is 1.82. The fourth-order valence-electron chi connectivity index (χ4n) is 0.726.